The standard InChI is InChI=1S/C40H48F3N9O6/c1-38(2,3)58-37(54)51-16-8-9-25(51)20-44-27-12-13-28(34-48-49-35(57-34)40(41,42)43)47-31(27)23-14-17-50(18-15-23)32-30-33(46-22-45-32)52(36(53)39(30,4)5)21-24-10-11-26(55-6)19-29(24)56-7/h10-13,19,22-23,25,44H,8-9,14-18,20-21H2,1-7H3/t25-/m0/s1. The number of carbonyl (C=O) groups excluding carboxylic acids is 2. The summed E-state index contributed by atoms with van der Waals surface area (Å²) in [5.41, 5.74) is 1.40. The van der Waals surface area contributed by atoms with Crippen molar-refractivity contribution < 1.29 is 41.4 Å². The first kappa shape index (κ1) is 40.5. The maximum Gasteiger partial charge on any atom is 0.470 e. The summed E-state index contributed by atoms with van der Waals surface area (Å²) in [6.07, 6.45) is -0.880. The second-order valence-corrected chi connectivity index (χ2v) is 16.2. The summed E-state index contributed by atoms with van der Waals surface area (Å²) in [6.45, 7) is 11.6. The summed E-state index contributed by atoms with van der Waals surface area (Å²) in [6, 6.07) is 8.63. The second kappa shape index (κ2) is 15.6. The van der Waals surface area contributed by atoms with Gasteiger partial charge < -0.3 is 33.7 Å². The van der Waals surface area contributed by atoms with Crippen molar-refractivity contribution in [2.75, 3.05) is 55.5 Å². The van der Waals surface area contributed by atoms with Crippen LogP contribution in [0.5, 0.6) is 11.5 Å². The van der Waals surface area contributed by atoms with E-state index in [1.807, 2.05) is 46.8 Å². The van der Waals surface area contributed by atoms with Gasteiger partial charge in [0.25, 0.3) is 5.89 Å². The van der Waals surface area contributed by atoms with Gasteiger partial charge in [-0.1, -0.05) is 0 Å². The Bertz CT molecular complexity index is 2160. The number of anilines is 3. The van der Waals surface area contributed by atoms with Crippen LogP contribution in [-0.4, -0.2) is 94.1 Å². The number of ether oxygens (including phenoxy) is 3. The summed E-state index contributed by atoms with van der Waals surface area (Å²) in [4.78, 5) is 46.8. The molecule has 0 saturated carbocycles. The van der Waals surface area contributed by atoms with E-state index in [2.05, 4.69) is 25.4 Å². The Morgan fingerprint density at radius 3 is 2.40 bits per heavy atom. The van der Waals surface area contributed by atoms with Gasteiger partial charge in [0, 0.05) is 43.7 Å². The zero-order chi connectivity index (χ0) is 41.6. The van der Waals surface area contributed by atoms with Gasteiger partial charge in [-0.3, -0.25) is 9.69 Å². The zero-order valence-electron chi connectivity index (χ0n) is 33.6. The molecule has 2 amide bonds. The Morgan fingerprint density at radius 2 is 1.72 bits per heavy atom. The highest BCUT2D eigenvalue weighted by molar-refractivity contribution is 6.08. The highest BCUT2D eigenvalue weighted by Crippen LogP contribution is 2.47. The molecule has 6 heterocycles. The number of fused-ring (bicyclic) bond motifs is 1. The number of nitrogens with zero attached hydrogens (tertiary/aromatic N) is 8. The summed E-state index contributed by atoms with van der Waals surface area (Å²) in [5, 5.41) is 10.3. The number of alkyl halides is 3. The number of carbonyl (C=O) groups is 2. The van der Waals surface area contributed by atoms with Crippen LogP contribution in [0.3, 0.4) is 0 Å². The predicted molar refractivity (Wildman–Crippen MR) is 207 cm³/mol. The van der Waals surface area contributed by atoms with E-state index in [1.165, 1.54) is 6.33 Å². The minimum Gasteiger partial charge on any atom is -0.497 e. The van der Waals surface area contributed by atoms with Crippen LogP contribution in [-0.2, 0) is 27.7 Å². The lowest BCUT2D eigenvalue weighted by Crippen LogP contribution is -2.42. The number of amides is 2. The summed E-state index contributed by atoms with van der Waals surface area (Å²) >= 11 is 0. The first-order valence-electron chi connectivity index (χ1n) is 19.3. The van der Waals surface area contributed by atoms with Gasteiger partial charge in [-0.05, 0) is 84.6 Å². The van der Waals surface area contributed by atoms with Crippen molar-refractivity contribution in [1.29, 1.82) is 0 Å². The summed E-state index contributed by atoms with van der Waals surface area (Å²) in [5.74, 6) is 0.385. The van der Waals surface area contributed by atoms with Crippen LogP contribution >= 0.6 is 0 Å². The van der Waals surface area contributed by atoms with Gasteiger partial charge in [0.05, 0.1) is 49.2 Å². The summed E-state index contributed by atoms with van der Waals surface area (Å²) in [7, 11) is 3.15. The van der Waals surface area contributed by atoms with Crippen LogP contribution in [0.4, 0.5) is 35.3 Å². The number of nitrogens with one attached hydrogen (secondary N) is 1. The minimum absolute atomic E-state index is 0.115. The number of pyridine rings is 1. The average Bonchev–Trinajstić information content (AvgIpc) is 3.93. The van der Waals surface area contributed by atoms with E-state index in [0.717, 1.165) is 24.0 Å². The highest BCUT2D eigenvalue weighted by atomic mass is 19.4. The molecular formula is C40H48F3N9O6. The average molecular weight is 808 g/mol. The van der Waals surface area contributed by atoms with Crippen molar-refractivity contribution in [2.24, 2.45) is 0 Å². The Morgan fingerprint density at radius 1 is 0.983 bits per heavy atom. The lowest BCUT2D eigenvalue weighted by atomic mass is 9.86. The maximum atomic E-state index is 14.1. The molecule has 0 radical (unpaired) electrons. The molecule has 1 atom stereocenters. The Labute approximate surface area is 334 Å². The number of hydrogen-bond acceptors (Lipinski definition) is 13. The van der Waals surface area contributed by atoms with E-state index in [1.54, 1.807) is 42.2 Å². The molecule has 0 aliphatic carbocycles. The molecule has 58 heavy (non-hydrogen) atoms. The van der Waals surface area contributed by atoms with Crippen LogP contribution in [0.2, 0.25) is 0 Å². The monoisotopic (exact) mass is 807 g/mol. The fourth-order valence-electron chi connectivity index (χ4n) is 7.91. The van der Waals surface area contributed by atoms with Crippen molar-refractivity contribution in [3.05, 3.63) is 59.4 Å². The van der Waals surface area contributed by atoms with Crippen LogP contribution in [0.1, 0.15) is 88.9 Å². The minimum atomic E-state index is -4.80. The van der Waals surface area contributed by atoms with E-state index in [9.17, 15) is 22.8 Å². The predicted octanol–water partition coefficient (Wildman–Crippen LogP) is 6.98. The van der Waals surface area contributed by atoms with Crippen molar-refractivity contribution >= 4 is 29.3 Å². The van der Waals surface area contributed by atoms with Crippen molar-refractivity contribution in [1.82, 2.24) is 30.0 Å². The fourth-order valence-corrected chi connectivity index (χ4v) is 7.91. The molecule has 4 aromatic rings. The van der Waals surface area contributed by atoms with E-state index < -0.39 is 23.1 Å². The van der Waals surface area contributed by atoms with Gasteiger partial charge in [-0.2, -0.15) is 13.2 Å². The molecule has 0 spiro atoms. The van der Waals surface area contributed by atoms with Gasteiger partial charge in [0.2, 0.25) is 5.91 Å². The van der Waals surface area contributed by atoms with Gasteiger partial charge in [-0.15, -0.1) is 10.2 Å². The molecule has 18 heteroatoms. The Hall–Kier alpha value is -5.68. The molecule has 0 unspecified atom stereocenters. The van der Waals surface area contributed by atoms with Gasteiger partial charge in [0.15, 0.2) is 0 Å². The maximum absolute atomic E-state index is 14.1. The zero-order valence-corrected chi connectivity index (χ0v) is 33.6. The quantitative estimate of drug-likeness (QED) is 0.175. The third kappa shape index (κ3) is 8.05. The number of likely N-dealkylation sites (tertiary alicyclic amines) is 1. The molecule has 1 N–H and O–H groups in total. The number of benzene rings is 1. The van der Waals surface area contributed by atoms with Gasteiger partial charge in [-0.25, -0.2) is 19.7 Å². The molecule has 3 aromatic heterocycles. The smallest absolute Gasteiger partial charge is 0.470 e. The molecule has 2 fully saturated rings. The molecule has 3 aliphatic heterocycles. The normalized spacial score (nSPS) is 18.4. The number of piperidine rings is 1. The van der Waals surface area contributed by atoms with E-state index in [0.29, 0.717) is 73.5 Å². The van der Waals surface area contributed by atoms with E-state index in [4.69, 9.17) is 28.6 Å². The second-order valence-electron chi connectivity index (χ2n) is 16.2. The SMILES string of the molecule is COc1ccc(CN2C(=O)C(C)(C)c3c(N4CCC(c5nc(-c6nnc(C(F)(F)F)o6)ccc5NC[C@@H]5CCCN5C(=O)OC(C)(C)C)CC4)ncnc32)c(OC)c1. The van der Waals surface area contributed by atoms with Crippen LogP contribution in [0.15, 0.2) is 41.1 Å². The molecule has 3 aliphatic rings. The number of methoxy groups -OCH3 is 2. The third-order valence-electron chi connectivity index (χ3n) is 10.8. The first-order valence-corrected chi connectivity index (χ1v) is 19.3. The number of aromatic nitrogens is 5. The lowest BCUT2D eigenvalue weighted by Gasteiger charge is -2.35. The number of hydrogen-bond donors (Lipinski definition) is 1. The Kier molecular flexibility index (Phi) is 10.9. The topological polar surface area (TPSA) is 161 Å². The molecule has 0 bridgehead atoms. The van der Waals surface area contributed by atoms with Crippen LogP contribution < -0.4 is 24.6 Å². The lowest BCUT2D eigenvalue weighted by molar-refractivity contribution is -0.157. The fraction of sp³-hybridized carbons (Fsp3) is 0.525. The van der Waals surface area contributed by atoms with Gasteiger partial charge >= 0.3 is 18.2 Å². The number of rotatable bonds is 10. The first-order chi connectivity index (χ1) is 27.5. The van der Waals surface area contributed by atoms with Crippen molar-refractivity contribution in [3.8, 4) is 23.1 Å². The largest absolute Gasteiger partial charge is 0.497 e. The van der Waals surface area contributed by atoms with Crippen LogP contribution in [0, 0.1) is 0 Å². The Balaban J connectivity index is 1.14. The van der Waals surface area contributed by atoms with Crippen molar-refractivity contribution in [2.45, 2.75) is 96.0 Å². The summed E-state index contributed by atoms with van der Waals surface area (Å²) < 4.78 is 61.8. The van der Waals surface area contributed by atoms with Crippen LogP contribution in [0.25, 0.3) is 11.6 Å². The molecule has 1 aromatic carbocycles. The highest BCUT2D eigenvalue weighted by Gasteiger charge is 2.48. The third-order valence-corrected chi connectivity index (χ3v) is 10.8. The molecule has 7 rings (SSSR count). The molecule has 2 saturated heterocycles. The van der Waals surface area contributed by atoms with E-state index in [-0.39, 0.29) is 42.1 Å². The molecular weight excluding hydrogens is 759 g/mol. The van der Waals surface area contributed by atoms with E-state index >= 15 is 0 Å². The molecule has 310 valence electrons. The molecule has 15 nitrogen and oxygen atoms in total. The van der Waals surface area contributed by atoms with Gasteiger partial charge in [0.1, 0.15) is 40.8 Å². The number of halogens is 3. The van der Waals surface area contributed by atoms with Crippen molar-refractivity contribution in [3.63, 3.8) is 0 Å².